The van der Waals surface area contributed by atoms with Crippen molar-refractivity contribution in [2.24, 2.45) is 0 Å². The number of hydrogen-bond donors (Lipinski definition) is 1. The molecule has 0 bridgehead atoms. The molecule has 26 heavy (non-hydrogen) atoms. The molecule has 1 fully saturated rings. The summed E-state index contributed by atoms with van der Waals surface area (Å²) in [6, 6.07) is 17.5. The van der Waals surface area contributed by atoms with Crippen LogP contribution in [0.5, 0.6) is 0 Å². The third-order valence-corrected chi connectivity index (χ3v) is 7.35. The first-order chi connectivity index (χ1) is 12.6. The van der Waals surface area contributed by atoms with Crippen LogP contribution >= 0.6 is 0 Å². The Kier molecular flexibility index (Phi) is 4.59. The third-order valence-electron chi connectivity index (χ3n) is 5.44. The van der Waals surface area contributed by atoms with E-state index in [4.69, 9.17) is 0 Å². The molecule has 4 nitrogen and oxygen atoms in total. The zero-order chi connectivity index (χ0) is 18.1. The minimum Gasteiger partial charge on any atom is -0.355 e. The normalized spacial score (nSPS) is 16.4. The molecule has 0 unspecified atom stereocenters. The van der Waals surface area contributed by atoms with Crippen LogP contribution in [0.4, 0.5) is 0 Å². The fourth-order valence-electron chi connectivity index (χ4n) is 3.86. The van der Waals surface area contributed by atoms with Gasteiger partial charge in [-0.15, -0.1) is 0 Å². The Hall–Kier alpha value is -2.11. The Morgan fingerprint density at radius 2 is 1.73 bits per heavy atom. The van der Waals surface area contributed by atoms with E-state index >= 15 is 0 Å². The fraction of sp³-hybridized carbons (Fsp3) is 0.333. The van der Waals surface area contributed by atoms with Crippen LogP contribution in [0, 0.1) is 0 Å². The van der Waals surface area contributed by atoms with E-state index in [9.17, 15) is 8.42 Å². The molecule has 1 aromatic heterocycles. The number of aromatic nitrogens is 1. The topological polar surface area (TPSA) is 53.2 Å². The van der Waals surface area contributed by atoms with E-state index in [0.717, 1.165) is 47.8 Å². The molecule has 0 radical (unpaired) electrons. The number of benzene rings is 2. The summed E-state index contributed by atoms with van der Waals surface area (Å²) in [6.45, 7) is 0. The highest BCUT2D eigenvalue weighted by molar-refractivity contribution is 7.89. The van der Waals surface area contributed by atoms with Gasteiger partial charge in [0.25, 0.3) is 0 Å². The molecular formula is C21H24N2O2S. The number of para-hydroxylation sites is 1. The van der Waals surface area contributed by atoms with Crippen molar-refractivity contribution in [3.8, 4) is 11.3 Å². The van der Waals surface area contributed by atoms with Crippen molar-refractivity contribution < 1.29 is 8.42 Å². The minimum absolute atomic E-state index is 0.116. The van der Waals surface area contributed by atoms with Crippen molar-refractivity contribution in [1.29, 1.82) is 0 Å². The lowest BCUT2D eigenvalue weighted by atomic mass is 9.96. The average molecular weight is 369 g/mol. The molecule has 0 spiro atoms. The van der Waals surface area contributed by atoms with Crippen molar-refractivity contribution >= 4 is 20.9 Å². The highest BCUT2D eigenvalue weighted by Crippen LogP contribution is 2.29. The number of aromatic amines is 1. The van der Waals surface area contributed by atoms with Gasteiger partial charge in [-0.05, 0) is 42.7 Å². The fourth-order valence-corrected chi connectivity index (χ4v) is 5.32. The predicted octanol–water partition coefficient (Wildman–Crippen LogP) is 4.79. The Morgan fingerprint density at radius 3 is 2.50 bits per heavy atom. The van der Waals surface area contributed by atoms with E-state index in [1.807, 2.05) is 36.4 Å². The van der Waals surface area contributed by atoms with Gasteiger partial charge in [-0.25, -0.2) is 8.42 Å². The second-order valence-electron chi connectivity index (χ2n) is 7.11. The van der Waals surface area contributed by atoms with Crippen LogP contribution in [0.25, 0.3) is 22.2 Å². The smallest absolute Gasteiger partial charge is 0.243 e. The largest absolute Gasteiger partial charge is 0.355 e. The maximum absolute atomic E-state index is 13.1. The van der Waals surface area contributed by atoms with Gasteiger partial charge >= 0.3 is 0 Å². The molecule has 0 aliphatic heterocycles. The first-order valence-electron chi connectivity index (χ1n) is 9.22. The summed E-state index contributed by atoms with van der Waals surface area (Å²) in [5.74, 6) is 0. The monoisotopic (exact) mass is 368 g/mol. The summed E-state index contributed by atoms with van der Waals surface area (Å²) < 4.78 is 27.8. The van der Waals surface area contributed by atoms with Crippen LogP contribution in [-0.4, -0.2) is 30.8 Å². The van der Waals surface area contributed by atoms with Crippen molar-refractivity contribution in [3.05, 3.63) is 54.6 Å². The molecule has 1 aliphatic carbocycles. The number of nitrogens with one attached hydrogen (secondary N) is 1. The Labute approximate surface area is 154 Å². The molecule has 1 N–H and O–H groups in total. The summed E-state index contributed by atoms with van der Waals surface area (Å²) in [7, 11) is -1.76. The Morgan fingerprint density at radius 1 is 0.962 bits per heavy atom. The van der Waals surface area contributed by atoms with Crippen LogP contribution in [0.1, 0.15) is 32.1 Å². The van der Waals surface area contributed by atoms with Gasteiger partial charge in [-0.2, -0.15) is 4.31 Å². The Bertz CT molecular complexity index is 984. The number of hydrogen-bond acceptors (Lipinski definition) is 2. The quantitative estimate of drug-likeness (QED) is 0.720. The SMILES string of the molecule is CN(C1CCCCC1)S(=O)(=O)c1cccc(-c2cc3ccccc3[nH]2)c1. The zero-order valence-corrected chi connectivity index (χ0v) is 15.8. The van der Waals surface area contributed by atoms with Gasteiger partial charge in [-0.1, -0.05) is 49.6 Å². The second kappa shape index (κ2) is 6.89. The molecule has 1 saturated carbocycles. The van der Waals surface area contributed by atoms with E-state index in [1.165, 1.54) is 6.42 Å². The number of fused-ring (bicyclic) bond motifs is 1. The van der Waals surface area contributed by atoms with Crippen molar-refractivity contribution in [1.82, 2.24) is 9.29 Å². The van der Waals surface area contributed by atoms with E-state index in [-0.39, 0.29) is 6.04 Å². The van der Waals surface area contributed by atoms with Crippen LogP contribution in [0.15, 0.2) is 59.5 Å². The lowest BCUT2D eigenvalue weighted by Crippen LogP contribution is -2.38. The third kappa shape index (κ3) is 3.17. The average Bonchev–Trinajstić information content (AvgIpc) is 3.12. The van der Waals surface area contributed by atoms with Crippen LogP contribution < -0.4 is 0 Å². The van der Waals surface area contributed by atoms with E-state index in [1.54, 1.807) is 23.5 Å². The molecule has 0 amide bonds. The van der Waals surface area contributed by atoms with Crippen molar-refractivity contribution in [3.63, 3.8) is 0 Å². The molecule has 3 aromatic rings. The lowest BCUT2D eigenvalue weighted by Gasteiger charge is -2.30. The standard InChI is InChI=1S/C21H24N2O2S/c1-23(18-10-3-2-4-11-18)26(24,25)19-12-7-9-16(14-19)21-15-17-8-5-6-13-20(17)22-21/h5-9,12-15,18,22H,2-4,10-11H2,1H3. The molecule has 0 saturated heterocycles. The molecule has 4 rings (SSSR count). The molecule has 2 aromatic carbocycles. The number of sulfonamides is 1. The van der Waals surface area contributed by atoms with Gasteiger partial charge in [0.15, 0.2) is 0 Å². The minimum atomic E-state index is -3.48. The molecule has 0 atom stereocenters. The van der Waals surface area contributed by atoms with Gasteiger partial charge in [0.1, 0.15) is 0 Å². The van der Waals surface area contributed by atoms with Gasteiger partial charge < -0.3 is 4.98 Å². The van der Waals surface area contributed by atoms with Crippen LogP contribution in [-0.2, 0) is 10.0 Å². The molecule has 5 heteroatoms. The lowest BCUT2D eigenvalue weighted by molar-refractivity contribution is 0.286. The van der Waals surface area contributed by atoms with Crippen molar-refractivity contribution in [2.45, 2.75) is 43.0 Å². The second-order valence-corrected chi connectivity index (χ2v) is 9.11. The highest BCUT2D eigenvalue weighted by atomic mass is 32.2. The van der Waals surface area contributed by atoms with Gasteiger partial charge in [0, 0.05) is 29.7 Å². The van der Waals surface area contributed by atoms with E-state index in [0.29, 0.717) is 4.90 Å². The number of H-pyrrole nitrogens is 1. The predicted molar refractivity (Wildman–Crippen MR) is 106 cm³/mol. The zero-order valence-electron chi connectivity index (χ0n) is 15.0. The summed E-state index contributed by atoms with van der Waals surface area (Å²) in [5.41, 5.74) is 2.87. The van der Waals surface area contributed by atoms with Gasteiger partial charge in [-0.3, -0.25) is 0 Å². The summed E-state index contributed by atoms with van der Waals surface area (Å²) >= 11 is 0. The van der Waals surface area contributed by atoms with E-state index in [2.05, 4.69) is 11.1 Å². The molecule has 1 aliphatic rings. The number of rotatable bonds is 4. The van der Waals surface area contributed by atoms with Gasteiger partial charge in [0.05, 0.1) is 4.90 Å². The summed E-state index contributed by atoms with van der Waals surface area (Å²) in [6.07, 6.45) is 5.34. The van der Waals surface area contributed by atoms with Crippen LogP contribution in [0.3, 0.4) is 0 Å². The highest BCUT2D eigenvalue weighted by Gasteiger charge is 2.29. The van der Waals surface area contributed by atoms with Crippen molar-refractivity contribution in [2.75, 3.05) is 7.05 Å². The molecular weight excluding hydrogens is 344 g/mol. The first-order valence-corrected chi connectivity index (χ1v) is 10.7. The molecule has 136 valence electrons. The van der Waals surface area contributed by atoms with E-state index < -0.39 is 10.0 Å². The summed E-state index contributed by atoms with van der Waals surface area (Å²) in [5, 5.41) is 1.12. The van der Waals surface area contributed by atoms with Gasteiger partial charge in [0.2, 0.25) is 10.0 Å². The van der Waals surface area contributed by atoms with Crippen LogP contribution in [0.2, 0.25) is 0 Å². The molecule has 1 heterocycles. The summed E-state index contributed by atoms with van der Waals surface area (Å²) in [4.78, 5) is 3.74. The Balaban J connectivity index is 1.68. The first kappa shape index (κ1) is 17.3. The number of nitrogens with zero attached hydrogens (tertiary/aromatic N) is 1. The maximum atomic E-state index is 13.1. The maximum Gasteiger partial charge on any atom is 0.243 e.